The minimum Gasteiger partial charge on any atom is -0.269 e. The lowest BCUT2D eigenvalue weighted by Gasteiger charge is -1.99. The van der Waals surface area contributed by atoms with Crippen molar-refractivity contribution in [1.82, 2.24) is 15.0 Å². The van der Waals surface area contributed by atoms with Crippen LogP contribution < -0.4 is 0 Å². The highest BCUT2D eigenvalue weighted by Crippen LogP contribution is 2.13. The predicted octanol–water partition coefficient (Wildman–Crippen LogP) is 1.88. The molecule has 1 heterocycles. The molecule has 0 unspecified atom stereocenters. The first-order chi connectivity index (χ1) is 6.70. The van der Waals surface area contributed by atoms with Gasteiger partial charge in [0.05, 0.1) is 5.52 Å². The molecule has 0 aliphatic heterocycles. The smallest absolute Gasteiger partial charge is 0.269 e. The first-order valence-electron chi connectivity index (χ1n) is 3.83. The van der Waals surface area contributed by atoms with Crippen LogP contribution in [0.2, 0.25) is 0 Å². The highest BCUT2D eigenvalue weighted by Gasteiger charge is 2.17. The van der Waals surface area contributed by atoms with E-state index in [1.54, 1.807) is 18.2 Å². The van der Waals surface area contributed by atoms with Crippen molar-refractivity contribution in [3.05, 3.63) is 24.3 Å². The zero-order valence-corrected chi connectivity index (χ0v) is 8.40. The van der Waals surface area contributed by atoms with Crippen LogP contribution in [0.3, 0.4) is 0 Å². The fraction of sp³-hybridized carbons (Fsp3) is 0.125. The maximum Gasteiger partial charge on any atom is 0.282 e. The molecule has 72 valence electrons. The van der Waals surface area contributed by atoms with Gasteiger partial charge < -0.3 is 0 Å². The largest absolute Gasteiger partial charge is 0.282 e. The summed E-state index contributed by atoms with van der Waals surface area (Å²) in [6.45, 7) is 0. The third kappa shape index (κ3) is 1.47. The third-order valence-electron chi connectivity index (χ3n) is 1.75. The molecule has 0 amide bonds. The fourth-order valence-corrected chi connectivity index (χ4v) is 1.31. The number of fused-ring (bicyclic) bond motifs is 1. The third-order valence-corrected chi connectivity index (χ3v) is 2.12. The zero-order valence-electron chi connectivity index (χ0n) is 6.89. The van der Waals surface area contributed by atoms with E-state index in [0.29, 0.717) is 11.0 Å². The molecule has 0 aliphatic rings. The van der Waals surface area contributed by atoms with E-state index < -0.39 is 10.7 Å². The quantitative estimate of drug-likeness (QED) is 0.702. The highest BCUT2D eigenvalue weighted by molar-refractivity contribution is 6.53. The Hall–Kier alpha value is -1.13. The van der Waals surface area contributed by atoms with Crippen LogP contribution in [0, 0.1) is 0 Å². The maximum absolute atomic E-state index is 11.4. The first kappa shape index (κ1) is 9.43. The van der Waals surface area contributed by atoms with Gasteiger partial charge in [-0.2, -0.15) is 4.68 Å². The molecular weight excluding hydrogens is 225 g/mol. The molecule has 0 fully saturated rings. The van der Waals surface area contributed by atoms with Gasteiger partial charge in [-0.1, -0.05) is 40.5 Å². The molecule has 0 bridgehead atoms. The Morgan fingerprint density at radius 2 is 2.07 bits per heavy atom. The van der Waals surface area contributed by atoms with Crippen LogP contribution in [0.15, 0.2) is 24.3 Å². The van der Waals surface area contributed by atoms with E-state index in [1.807, 2.05) is 6.07 Å². The topological polar surface area (TPSA) is 47.8 Å². The number of nitrogens with zero attached hydrogens (tertiary/aromatic N) is 3. The van der Waals surface area contributed by atoms with Gasteiger partial charge in [0.15, 0.2) is 4.84 Å². The minimum absolute atomic E-state index is 0.498. The number of hydrogen-bond acceptors (Lipinski definition) is 3. The molecule has 2 aromatic rings. The number of aromatic nitrogens is 3. The van der Waals surface area contributed by atoms with E-state index in [1.165, 1.54) is 0 Å². The van der Waals surface area contributed by atoms with Crippen LogP contribution in [-0.2, 0) is 0 Å². The van der Waals surface area contributed by atoms with Crippen molar-refractivity contribution in [2.75, 3.05) is 0 Å². The average molecular weight is 230 g/mol. The van der Waals surface area contributed by atoms with E-state index >= 15 is 0 Å². The van der Waals surface area contributed by atoms with Gasteiger partial charge in [-0.05, 0) is 12.1 Å². The Bertz CT molecular complexity index is 480. The number of hydrogen-bond donors (Lipinski definition) is 0. The number of carbonyl (C=O) groups is 1. The molecule has 2 rings (SSSR count). The van der Waals surface area contributed by atoms with Crippen molar-refractivity contribution in [2.45, 2.75) is 4.84 Å². The number of rotatable bonds is 1. The molecule has 6 heteroatoms. The van der Waals surface area contributed by atoms with Crippen LogP contribution in [0.4, 0.5) is 0 Å². The van der Waals surface area contributed by atoms with Gasteiger partial charge in [-0.3, -0.25) is 4.79 Å². The number of alkyl halides is 2. The van der Waals surface area contributed by atoms with Crippen molar-refractivity contribution in [2.24, 2.45) is 0 Å². The second-order valence-electron chi connectivity index (χ2n) is 2.63. The SMILES string of the molecule is O=C(C(Cl)Cl)n1nnc2ccccc21. The molecule has 14 heavy (non-hydrogen) atoms. The Morgan fingerprint density at radius 3 is 2.79 bits per heavy atom. The molecular formula is C8H5Cl2N3O. The van der Waals surface area contributed by atoms with Gasteiger partial charge in [0.25, 0.3) is 5.91 Å². The summed E-state index contributed by atoms with van der Waals surface area (Å²) in [6.07, 6.45) is 0. The van der Waals surface area contributed by atoms with Crippen molar-refractivity contribution in [1.29, 1.82) is 0 Å². The van der Waals surface area contributed by atoms with E-state index in [2.05, 4.69) is 10.3 Å². The summed E-state index contributed by atoms with van der Waals surface area (Å²) in [4.78, 5) is 10.3. The molecule has 1 aromatic heterocycles. The lowest BCUT2D eigenvalue weighted by molar-refractivity contribution is 0.0917. The molecule has 0 N–H and O–H groups in total. The van der Waals surface area contributed by atoms with E-state index in [0.717, 1.165) is 4.68 Å². The zero-order chi connectivity index (χ0) is 10.1. The molecule has 0 saturated carbocycles. The normalized spacial score (nSPS) is 11.1. The minimum atomic E-state index is -1.12. The summed E-state index contributed by atoms with van der Waals surface area (Å²) in [5.41, 5.74) is 1.23. The molecule has 0 spiro atoms. The maximum atomic E-state index is 11.4. The molecule has 0 aliphatic carbocycles. The summed E-state index contributed by atoms with van der Waals surface area (Å²) in [6, 6.07) is 7.07. The number of halogens is 2. The van der Waals surface area contributed by atoms with Crippen LogP contribution in [0.25, 0.3) is 11.0 Å². The summed E-state index contributed by atoms with van der Waals surface area (Å²) < 4.78 is 1.10. The molecule has 1 aromatic carbocycles. The van der Waals surface area contributed by atoms with Crippen LogP contribution >= 0.6 is 23.2 Å². The summed E-state index contributed by atoms with van der Waals surface area (Å²) in [7, 11) is 0. The molecule has 0 radical (unpaired) electrons. The van der Waals surface area contributed by atoms with Crippen molar-refractivity contribution in [3.63, 3.8) is 0 Å². The lowest BCUT2D eigenvalue weighted by atomic mass is 10.3. The van der Waals surface area contributed by atoms with E-state index in [-0.39, 0.29) is 0 Å². The fourth-order valence-electron chi connectivity index (χ4n) is 1.12. The monoisotopic (exact) mass is 229 g/mol. The van der Waals surface area contributed by atoms with Crippen molar-refractivity contribution in [3.8, 4) is 0 Å². The molecule has 0 atom stereocenters. The first-order valence-corrected chi connectivity index (χ1v) is 4.70. The van der Waals surface area contributed by atoms with Crippen molar-refractivity contribution < 1.29 is 4.79 Å². The standard InChI is InChI=1S/C8H5Cl2N3O/c9-7(10)8(14)13-6-4-2-1-3-5(6)11-12-13/h1-4,7H. The predicted molar refractivity (Wildman–Crippen MR) is 53.6 cm³/mol. The molecule has 0 saturated heterocycles. The second-order valence-corrected chi connectivity index (χ2v) is 3.73. The van der Waals surface area contributed by atoms with Crippen LogP contribution in [0.1, 0.15) is 4.79 Å². The van der Waals surface area contributed by atoms with Gasteiger partial charge in [0.1, 0.15) is 5.52 Å². The lowest BCUT2D eigenvalue weighted by Crippen LogP contribution is -2.18. The Balaban J connectivity index is 2.58. The highest BCUT2D eigenvalue weighted by atomic mass is 35.5. The van der Waals surface area contributed by atoms with Gasteiger partial charge in [-0.25, -0.2) is 0 Å². The summed E-state index contributed by atoms with van der Waals surface area (Å²) in [5, 5.41) is 7.46. The Labute approximate surface area is 89.4 Å². The average Bonchev–Trinajstić information content (AvgIpc) is 2.60. The molecule has 4 nitrogen and oxygen atoms in total. The van der Waals surface area contributed by atoms with Gasteiger partial charge in [-0.15, -0.1) is 5.10 Å². The van der Waals surface area contributed by atoms with Crippen LogP contribution in [-0.4, -0.2) is 25.7 Å². The Kier molecular flexibility index (Phi) is 2.39. The number of benzene rings is 1. The van der Waals surface area contributed by atoms with E-state index in [4.69, 9.17) is 23.2 Å². The van der Waals surface area contributed by atoms with Crippen molar-refractivity contribution >= 4 is 40.1 Å². The van der Waals surface area contributed by atoms with E-state index in [9.17, 15) is 4.79 Å². The Morgan fingerprint density at radius 1 is 1.36 bits per heavy atom. The summed E-state index contributed by atoms with van der Waals surface area (Å²) in [5.74, 6) is -0.498. The van der Waals surface area contributed by atoms with Crippen LogP contribution in [0.5, 0.6) is 0 Å². The second kappa shape index (κ2) is 3.55. The van der Waals surface area contributed by atoms with Gasteiger partial charge in [0, 0.05) is 0 Å². The number of para-hydroxylation sites is 1. The van der Waals surface area contributed by atoms with Gasteiger partial charge in [0.2, 0.25) is 0 Å². The number of carbonyl (C=O) groups excluding carboxylic acids is 1. The van der Waals surface area contributed by atoms with Gasteiger partial charge >= 0.3 is 0 Å². The summed E-state index contributed by atoms with van der Waals surface area (Å²) >= 11 is 10.9.